The summed E-state index contributed by atoms with van der Waals surface area (Å²) < 4.78 is 2.29. The zero-order valence-electron chi connectivity index (χ0n) is 26.4. The van der Waals surface area contributed by atoms with Crippen molar-refractivity contribution in [2.45, 2.75) is 0 Å². The van der Waals surface area contributed by atoms with Gasteiger partial charge < -0.3 is 4.57 Å². The molecule has 0 fully saturated rings. The van der Waals surface area contributed by atoms with Crippen LogP contribution < -0.4 is 0 Å². The van der Waals surface area contributed by atoms with Crippen molar-refractivity contribution in [1.82, 2.24) is 4.57 Å². The molecule has 49 heavy (non-hydrogen) atoms. The maximum absolute atomic E-state index is 10.5. The molecule has 226 valence electrons. The van der Waals surface area contributed by atoms with Crippen molar-refractivity contribution in [3.05, 3.63) is 175 Å². The summed E-state index contributed by atoms with van der Waals surface area (Å²) in [6, 6.07) is 61.3. The number of benzene rings is 8. The monoisotopic (exact) mass is 621 g/mol. The van der Waals surface area contributed by atoms with Gasteiger partial charge in [-0.1, -0.05) is 121 Å². The second-order valence-corrected chi connectivity index (χ2v) is 12.3. The van der Waals surface area contributed by atoms with E-state index in [1.54, 1.807) is 0 Å². The third kappa shape index (κ3) is 4.42. The molecule has 0 aliphatic rings. The maximum Gasteiger partial charge on any atom is 0.0998 e. The first-order valence-corrected chi connectivity index (χ1v) is 16.3. The molecule has 1 aromatic heterocycles. The molecule has 0 aliphatic carbocycles. The van der Waals surface area contributed by atoms with E-state index in [-0.39, 0.29) is 0 Å². The minimum Gasteiger partial charge on any atom is -0.309 e. The standard InChI is InChI=1S/C46H27N3/c47-28-30-22-25-44(49-42-20-10-8-14-34(42)35-15-9-11-21-43(35)49)40(26-30)32-23-24-33(29-48)41(27-32)46-38-18-6-4-16-36(38)45(31-12-2-1-3-13-31)37-17-5-7-19-39(37)46/h1-27H. The van der Waals surface area contributed by atoms with Gasteiger partial charge in [0.15, 0.2) is 0 Å². The normalized spacial score (nSPS) is 11.2. The number of hydrogen-bond acceptors (Lipinski definition) is 2. The zero-order chi connectivity index (χ0) is 32.9. The van der Waals surface area contributed by atoms with Crippen LogP contribution in [0, 0.1) is 22.7 Å². The van der Waals surface area contributed by atoms with Crippen molar-refractivity contribution in [3.8, 4) is 51.2 Å². The molecule has 0 radical (unpaired) electrons. The number of para-hydroxylation sites is 2. The van der Waals surface area contributed by atoms with E-state index in [1.165, 1.54) is 16.3 Å². The van der Waals surface area contributed by atoms with Crippen molar-refractivity contribution >= 4 is 43.4 Å². The van der Waals surface area contributed by atoms with Gasteiger partial charge in [-0.25, -0.2) is 0 Å². The molecule has 0 atom stereocenters. The summed E-state index contributed by atoms with van der Waals surface area (Å²) in [7, 11) is 0. The van der Waals surface area contributed by atoms with Crippen LogP contribution >= 0.6 is 0 Å². The van der Waals surface area contributed by atoms with Crippen LogP contribution in [0.25, 0.3) is 82.4 Å². The molecule has 0 bridgehead atoms. The first-order chi connectivity index (χ1) is 24.2. The fraction of sp³-hybridized carbons (Fsp3) is 0. The number of nitrogens with zero attached hydrogens (tertiary/aromatic N) is 3. The Morgan fingerprint density at radius 1 is 0.388 bits per heavy atom. The second-order valence-electron chi connectivity index (χ2n) is 12.3. The van der Waals surface area contributed by atoms with Crippen LogP contribution in [0.4, 0.5) is 0 Å². The van der Waals surface area contributed by atoms with Gasteiger partial charge in [0.25, 0.3) is 0 Å². The van der Waals surface area contributed by atoms with E-state index in [0.29, 0.717) is 11.1 Å². The maximum atomic E-state index is 10.5. The van der Waals surface area contributed by atoms with Crippen LogP contribution in [0.2, 0.25) is 0 Å². The zero-order valence-corrected chi connectivity index (χ0v) is 26.4. The summed E-state index contributed by atoms with van der Waals surface area (Å²) in [6.45, 7) is 0. The van der Waals surface area contributed by atoms with Gasteiger partial charge in [-0.2, -0.15) is 10.5 Å². The molecule has 0 aliphatic heterocycles. The van der Waals surface area contributed by atoms with E-state index in [0.717, 1.165) is 66.1 Å². The predicted molar refractivity (Wildman–Crippen MR) is 202 cm³/mol. The summed E-state index contributed by atoms with van der Waals surface area (Å²) in [5, 5.41) is 27.4. The van der Waals surface area contributed by atoms with E-state index < -0.39 is 0 Å². The van der Waals surface area contributed by atoms with Gasteiger partial charge in [0.2, 0.25) is 0 Å². The van der Waals surface area contributed by atoms with Crippen molar-refractivity contribution in [2.24, 2.45) is 0 Å². The third-order valence-corrected chi connectivity index (χ3v) is 9.66. The van der Waals surface area contributed by atoms with E-state index >= 15 is 0 Å². The Balaban J connectivity index is 1.37. The van der Waals surface area contributed by atoms with E-state index in [4.69, 9.17) is 0 Å². The van der Waals surface area contributed by atoms with Crippen molar-refractivity contribution in [3.63, 3.8) is 0 Å². The van der Waals surface area contributed by atoms with Gasteiger partial charge >= 0.3 is 0 Å². The third-order valence-electron chi connectivity index (χ3n) is 9.66. The summed E-state index contributed by atoms with van der Waals surface area (Å²) in [4.78, 5) is 0. The summed E-state index contributed by atoms with van der Waals surface area (Å²) in [5.74, 6) is 0. The molecule has 9 aromatic rings. The smallest absolute Gasteiger partial charge is 0.0998 e. The topological polar surface area (TPSA) is 52.5 Å². The lowest BCUT2D eigenvalue weighted by Crippen LogP contribution is -1.99. The largest absolute Gasteiger partial charge is 0.309 e. The fourth-order valence-electron chi connectivity index (χ4n) is 7.56. The lowest BCUT2D eigenvalue weighted by atomic mass is 9.84. The lowest BCUT2D eigenvalue weighted by Gasteiger charge is -2.19. The highest BCUT2D eigenvalue weighted by Crippen LogP contribution is 2.46. The van der Waals surface area contributed by atoms with Crippen LogP contribution in [0.5, 0.6) is 0 Å². The highest BCUT2D eigenvalue weighted by molar-refractivity contribution is 6.22. The SMILES string of the molecule is N#Cc1ccc(-n2c3ccccc3c3ccccc32)c(-c2ccc(C#N)c(-c3c4ccccc4c(-c4ccccc4)c4ccccc34)c2)c1. The van der Waals surface area contributed by atoms with Gasteiger partial charge in [-0.3, -0.25) is 0 Å². The average molecular weight is 622 g/mol. The Morgan fingerprint density at radius 3 is 1.49 bits per heavy atom. The molecule has 0 unspecified atom stereocenters. The molecule has 9 rings (SSSR count). The summed E-state index contributed by atoms with van der Waals surface area (Å²) in [5.41, 5.74) is 10.4. The second kappa shape index (κ2) is 11.4. The Bertz CT molecular complexity index is 2740. The minimum atomic E-state index is 0.577. The highest BCUT2D eigenvalue weighted by Gasteiger charge is 2.21. The van der Waals surface area contributed by atoms with Crippen LogP contribution in [-0.2, 0) is 0 Å². The number of fused-ring (bicyclic) bond motifs is 5. The molecule has 0 amide bonds. The Kier molecular flexibility index (Phi) is 6.58. The summed E-state index contributed by atoms with van der Waals surface area (Å²) in [6.07, 6.45) is 0. The predicted octanol–water partition coefficient (Wildman–Crippen LogP) is 11.8. The summed E-state index contributed by atoms with van der Waals surface area (Å²) >= 11 is 0. The lowest BCUT2D eigenvalue weighted by molar-refractivity contribution is 1.18. The van der Waals surface area contributed by atoms with Gasteiger partial charge in [0.05, 0.1) is 40.0 Å². The van der Waals surface area contributed by atoms with Gasteiger partial charge in [0.1, 0.15) is 0 Å². The highest BCUT2D eigenvalue weighted by atomic mass is 15.0. The quantitative estimate of drug-likeness (QED) is 0.184. The first-order valence-electron chi connectivity index (χ1n) is 16.3. The Labute approximate surface area is 283 Å². The molecular formula is C46H27N3. The average Bonchev–Trinajstić information content (AvgIpc) is 3.51. The van der Waals surface area contributed by atoms with Crippen molar-refractivity contribution in [1.29, 1.82) is 10.5 Å². The van der Waals surface area contributed by atoms with E-state index in [1.807, 2.05) is 36.4 Å². The Hall–Kier alpha value is -6.94. The number of rotatable bonds is 4. The van der Waals surface area contributed by atoms with Crippen LogP contribution in [0.3, 0.4) is 0 Å². The van der Waals surface area contributed by atoms with Crippen LogP contribution in [0.1, 0.15) is 11.1 Å². The fourth-order valence-corrected chi connectivity index (χ4v) is 7.56. The number of aromatic nitrogens is 1. The molecule has 0 spiro atoms. The molecule has 8 aromatic carbocycles. The van der Waals surface area contributed by atoms with Gasteiger partial charge in [-0.15, -0.1) is 0 Å². The molecule has 3 nitrogen and oxygen atoms in total. The number of nitriles is 2. The van der Waals surface area contributed by atoms with Crippen molar-refractivity contribution in [2.75, 3.05) is 0 Å². The molecule has 3 heteroatoms. The molecule has 1 heterocycles. The van der Waals surface area contributed by atoms with E-state index in [2.05, 4.69) is 144 Å². The van der Waals surface area contributed by atoms with Gasteiger partial charge in [-0.05, 0) is 86.3 Å². The Morgan fingerprint density at radius 2 is 0.918 bits per heavy atom. The first kappa shape index (κ1) is 28.3. The molecule has 0 N–H and O–H groups in total. The van der Waals surface area contributed by atoms with E-state index in [9.17, 15) is 10.5 Å². The minimum absolute atomic E-state index is 0.577. The molecular weight excluding hydrogens is 595 g/mol. The molecule has 0 saturated heterocycles. The number of hydrogen-bond donors (Lipinski definition) is 0. The van der Waals surface area contributed by atoms with Crippen LogP contribution in [0.15, 0.2) is 164 Å². The van der Waals surface area contributed by atoms with Gasteiger partial charge in [0, 0.05) is 21.9 Å². The van der Waals surface area contributed by atoms with Crippen molar-refractivity contribution < 1.29 is 0 Å². The molecule has 0 saturated carbocycles. The van der Waals surface area contributed by atoms with Crippen LogP contribution in [-0.4, -0.2) is 4.57 Å².